The van der Waals surface area contributed by atoms with E-state index in [-0.39, 0.29) is 11.2 Å². The normalized spacial score (nSPS) is 21.1. The van der Waals surface area contributed by atoms with Gasteiger partial charge in [-0.1, -0.05) is 48.0 Å². The van der Waals surface area contributed by atoms with Crippen molar-refractivity contribution in [3.05, 3.63) is 100 Å². The Morgan fingerprint density at radius 2 is 1.61 bits per heavy atom. The molecule has 0 bridgehead atoms. The fourth-order valence-electron chi connectivity index (χ4n) is 5.37. The molecule has 3 aromatic rings. The van der Waals surface area contributed by atoms with Gasteiger partial charge in [-0.3, -0.25) is 4.90 Å². The molecule has 2 aliphatic heterocycles. The van der Waals surface area contributed by atoms with Crippen molar-refractivity contribution in [1.29, 1.82) is 0 Å². The summed E-state index contributed by atoms with van der Waals surface area (Å²) in [6, 6.07) is 23.8. The van der Waals surface area contributed by atoms with E-state index in [0.717, 1.165) is 56.3 Å². The molecule has 172 valence electrons. The zero-order valence-electron chi connectivity index (χ0n) is 18.9. The van der Waals surface area contributed by atoms with Crippen molar-refractivity contribution >= 4 is 17.3 Å². The molecule has 5 rings (SSSR count). The van der Waals surface area contributed by atoms with Crippen LogP contribution in [0.25, 0.3) is 0 Å². The summed E-state index contributed by atoms with van der Waals surface area (Å²) in [6.45, 7) is 6.44. The van der Waals surface area contributed by atoms with E-state index < -0.39 is 0 Å². The summed E-state index contributed by atoms with van der Waals surface area (Å²) >= 11 is 6.21. The maximum absolute atomic E-state index is 13.2. The number of hydrogen-bond donors (Lipinski definition) is 0. The number of piperazine rings is 1. The number of benzene rings is 3. The Bertz CT molecular complexity index is 1060. The Labute approximate surface area is 200 Å². The molecule has 0 saturated carbocycles. The van der Waals surface area contributed by atoms with Crippen LogP contribution in [0.3, 0.4) is 0 Å². The summed E-state index contributed by atoms with van der Waals surface area (Å²) < 4.78 is 19.4. The minimum absolute atomic E-state index is 0.143. The molecular weight excluding hydrogens is 435 g/mol. The van der Waals surface area contributed by atoms with Gasteiger partial charge in [-0.2, -0.15) is 0 Å². The Kier molecular flexibility index (Phi) is 6.68. The standard InChI is InChI=1S/C28H30ClFN2O/c29-24-8-6-23(7-9-24)28(21-33-20-22-4-1-2-5-27(22)28)14-3-15-31-16-18-32(19-17-31)26-12-10-25(30)11-13-26/h1-2,4-13H,3,14-21H2. The fraction of sp³-hybridized carbons (Fsp3) is 0.357. The van der Waals surface area contributed by atoms with Gasteiger partial charge >= 0.3 is 0 Å². The average Bonchev–Trinajstić information content (AvgIpc) is 2.85. The van der Waals surface area contributed by atoms with E-state index in [1.807, 2.05) is 24.3 Å². The Morgan fingerprint density at radius 1 is 0.879 bits per heavy atom. The van der Waals surface area contributed by atoms with Gasteiger partial charge in [0, 0.05) is 42.3 Å². The number of nitrogens with zero attached hydrogens (tertiary/aromatic N) is 2. The molecule has 0 aliphatic carbocycles. The monoisotopic (exact) mass is 464 g/mol. The maximum atomic E-state index is 13.2. The van der Waals surface area contributed by atoms with Crippen LogP contribution in [0.2, 0.25) is 5.02 Å². The molecular formula is C28H30ClFN2O. The maximum Gasteiger partial charge on any atom is 0.123 e. The van der Waals surface area contributed by atoms with Crippen molar-refractivity contribution in [1.82, 2.24) is 4.90 Å². The Balaban J connectivity index is 1.26. The number of anilines is 1. The lowest BCUT2D eigenvalue weighted by atomic mass is 9.69. The quantitative estimate of drug-likeness (QED) is 0.452. The zero-order chi connectivity index (χ0) is 22.7. The highest BCUT2D eigenvalue weighted by atomic mass is 35.5. The van der Waals surface area contributed by atoms with E-state index in [4.69, 9.17) is 16.3 Å². The van der Waals surface area contributed by atoms with Crippen molar-refractivity contribution in [3.63, 3.8) is 0 Å². The molecule has 0 amide bonds. The largest absolute Gasteiger partial charge is 0.375 e. The SMILES string of the molecule is Fc1ccc(N2CCN(CCCC3(c4ccc(Cl)cc4)COCc4ccccc43)CC2)cc1. The van der Waals surface area contributed by atoms with Crippen molar-refractivity contribution in [3.8, 4) is 0 Å². The molecule has 1 saturated heterocycles. The van der Waals surface area contributed by atoms with Crippen LogP contribution in [0.4, 0.5) is 10.1 Å². The van der Waals surface area contributed by atoms with Crippen LogP contribution < -0.4 is 4.90 Å². The van der Waals surface area contributed by atoms with E-state index in [1.165, 1.54) is 16.7 Å². The minimum atomic E-state index is -0.180. The molecule has 1 fully saturated rings. The second-order valence-electron chi connectivity index (χ2n) is 9.15. The summed E-state index contributed by atoms with van der Waals surface area (Å²) in [5.74, 6) is -0.180. The summed E-state index contributed by atoms with van der Waals surface area (Å²) in [7, 11) is 0. The van der Waals surface area contributed by atoms with Crippen molar-refractivity contribution in [2.45, 2.75) is 24.9 Å². The topological polar surface area (TPSA) is 15.7 Å². The molecule has 1 unspecified atom stereocenters. The van der Waals surface area contributed by atoms with Gasteiger partial charge in [0.1, 0.15) is 5.82 Å². The first-order valence-electron chi connectivity index (χ1n) is 11.8. The highest BCUT2D eigenvalue weighted by Gasteiger charge is 2.38. The first-order valence-corrected chi connectivity index (χ1v) is 12.2. The van der Waals surface area contributed by atoms with E-state index >= 15 is 0 Å². The Morgan fingerprint density at radius 3 is 2.36 bits per heavy atom. The first kappa shape index (κ1) is 22.4. The van der Waals surface area contributed by atoms with Gasteiger partial charge in [0.05, 0.1) is 13.2 Å². The summed E-state index contributed by atoms with van der Waals surface area (Å²) in [5.41, 5.74) is 4.91. The highest BCUT2D eigenvalue weighted by Crippen LogP contribution is 2.42. The molecule has 0 spiro atoms. The smallest absolute Gasteiger partial charge is 0.123 e. The van der Waals surface area contributed by atoms with Crippen LogP contribution in [-0.2, 0) is 16.8 Å². The zero-order valence-corrected chi connectivity index (χ0v) is 19.6. The van der Waals surface area contributed by atoms with Crippen LogP contribution in [0.1, 0.15) is 29.5 Å². The predicted octanol–water partition coefficient (Wildman–Crippen LogP) is 5.90. The molecule has 0 N–H and O–H groups in total. The van der Waals surface area contributed by atoms with Crippen LogP contribution in [-0.4, -0.2) is 44.2 Å². The van der Waals surface area contributed by atoms with Gasteiger partial charge in [0.15, 0.2) is 0 Å². The molecule has 33 heavy (non-hydrogen) atoms. The lowest BCUT2D eigenvalue weighted by molar-refractivity contribution is 0.0599. The van der Waals surface area contributed by atoms with Gasteiger partial charge in [0.25, 0.3) is 0 Å². The molecule has 2 heterocycles. The number of ether oxygens (including phenoxy) is 1. The number of fused-ring (bicyclic) bond motifs is 1. The van der Waals surface area contributed by atoms with Crippen LogP contribution in [0.15, 0.2) is 72.8 Å². The molecule has 0 aromatic heterocycles. The van der Waals surface area contributed by atoms with Gasteiger partial charge in [-0.15, -0.1) is 0 Å². The van der Waals surface area contributed by atoms with E-state index in [9.17, 15) is 4.39 Å². The number of halogens is 2. The third-order valence-electron chi connectivity index (χ3n) is 7.18. The van der Waals surface area contributed by atoms with Gasteiger partial charge in [-0.05, 0) is 72.5 Å². The van der Waals surface area contributed by atoms with Crippen LogP contribution >= 0.6 is 11.6 Å². The van der Waals surface area contributed by atoms with Crippen molar-refractivity contribution in [2.24, 2.45) is 0 Å². The van der Waals surface area contributed by atoms with Crippen molar-refractivity contribution < 1.29 is 9.13 Å². The lowest BCUT2D eigenvalue weighted by Crippen LogP contribution is -2.47. The van der Waals surface area contributed by atoms with Crippen LogP contribution in [0, 0.1) is 5.82 Å². The summed E-state index contributed by atoms with van der Waals surface area (Å²) in [6.07, 6.45) is 2.13. The third-order valence-corrected chi connectivity index (χ3v) is 7.43. The molecule has 5 heteroatoms. The molecule has 1 atom stereocenters. The van der Waals surface area contributed by atoms with Gasteiger partial charge < -0.3 is 9.64 Å². The first-order chi connectivity index (χ1) is 16.1. The van der Waals surface area contributed by atoms with Crippen LogP contribution in [0.5, 0.6) is 0 Å². The number of hydrogen-bond acceptors (Lipinski definition) is 3. The van der Waals surface area contributed by atoms with E-state index in [0.29, 0.717) is 13.2 Å². The second kappa shape index (κ2) is 9.84. The summed E-state index contributed by atoms with van der Waals surface area (Å²) in [5, 5.41) is 0.762. The third kappa shape index (κ3) is 4.79. The summed E-state index contributed by atoms with van der Waals surface area (Å²) in [4.78, 5) is 4.89. The molecule has 3 nitrogen and oxygen atoms in total. The van der Waals surface area contributed by atoms with Gasteiger partial charge in [-0.25, -0.2) is 4.39 Å². The molecule has 3 aromatic carbocycles. The minimum Gasteiger partial charge on any atom is -0.375 e. The van der Waals surface area contributed by atoms with Crippen molar-refractivity contribution in [2.75, 3.05) is 44.2 Å². The molecule has 2 aliphatic rings. The van der Waals surface area contributed by atoms with Gasteiger partial charge in [0.2, 0.25) is 0 Å². The molecule has 0 radical (unpaired) electrons. The average molecular weight is 465 g/mol. The lowest BCUT2D eigenvalue weighted by Gasteiger charge is -2.41. The predicted molar refractivity (Wildman–Crippen MR) is 133 cm³/mol. The second-order valence-corrected chi connectivity index (χ2v) is 9.58. The fourth-order valence-corrected chi connectivity index (χ4v) is 5.50. The number of rotatable bonds is 6. The Hall–Kier alpha value is -2.40. The van der Waals surface area contributed by atoms with E-state index in [2.05, 4.69) is 46.2 Å². The highest BCUT2D eigenvalue weighted by molar-refractivity contribution is 6.30. The van der Waals surface area contributed by atoms with E-state index in [1.54, 1.807) is 12.1 Å².